The first-order valence-corrected chi connectivity index (χ1v) is 4.85. The second-order valence-electron chi connectivity index (χ2n) is 3.23. The minimum absolute atomic E-state index is 0.242. The van der Waals surface area contributed by atoms with Gasteiger partial charge in [0.2, 0.25) is 0 Å². The standard InChI is InChI=1S/C9H19NO2/c1-2-3-4-9-10(5-7-11)6-8-12-9/h9,11H,2-8H2,1H3. The average Bonchev–Trinajstić information content (AvgIpc) is 2.50. The molecule has 0 aromatic rings. The van der Waals surface area contributed by atoms with Gasteiger partial charge in [-0.25, -0.2) is 0 Å². The number of aliphatic hydroxyl groups is 1. The van der Waals surface area contributed by atoms with Gasteiger partial charge in [-0.2, -0.15) is 0 Å². The number of nitrogens with zero attached hydrogens (tertiary/aromatic N) is 1. The lowest BCUT2D eigenvalue weighted by atomic mass is 10.2. The fourth-order valence-corrected chi connectivity index (χ4v) is 1.58. The van der Waals surface area contributed by atoms with Gasteiger partial charge in [-0.3, -0.25) is 4.90 Å². The minimum atomic E-state index is 0.242. The summed E-state index contributed by atoms with van der Waals surface area (Å²) in [6.07, 6.45) is 3.81. The van der Waals surface area contributed by atoms with Crippen LogP contribution in [0.25, 0.3) is 0 Å². The summed E-state index contributed by atoms with van der Waals surface area (Å²) in [4.78, 5) is 2.22. The van der Waals surface area contributed by atoms with Crippen molar-refractivity contribution < 1.29 is 9.84 Å². The summed E-state index contributed by atoms with van der Waals surface area (Å²) in [6.45, 7) is 5.00. The van der Waals surface area contributed by atoms with E-state index in [4.69, 9.17) is 9.84 Å². The van der Waals surface area contributed by atoms with Crippen molar-refractivity contribution in [1.82, 2.24) is 4.90 Å². The third kappa shape index (κ3) is 2.73. The predicted octanol–water partition coefficient (Wildman–Crippen LogP) is 0.827. The molecule has 3 nitrogen and oxygen atoms in total. The van der Waals surface area contributed by atoms with E-state index in [1.807, 2.05) is 0 Å². The molecule has 1 aliphatic heterocycles. The average molecular weight is 173 g/mol. The highest BCUT2D eigenvalue weighted by molar-refractivity contribution is 4.69. The van der Waals surface area contributed by atoms with Crippen molar-refractivity contribution in [1.29, 1.82) is 0 Å². The van der Waals surface area contributed by atoms with Crippen LogP contribution in [0.1, 0.15) is 26.2 Å². The Balaban J connectivity index is 2.20. The summed E-state index contributed by atoms with van der Waals surface area (Å²) >= 11 is 0. The molecule has 0 aliphatic carbocycles. The van der Waals surface area contributed by atoms with E-state index in [-0.39, 0.29) is 12.8 Å². The number of rotatable bonds is 5. The molecule has 1 atom stereocenters. The maximum atomic E-state index is 8.77. The molecule has 0 aromatic carbocycles. The molecule has 1 heterocycles. The van der Waals surface area contributed by atoms with Gasteiger partial charge in [-0.15, -0.1) is 0 Å². The number of hydrogen-bond acceptors (Lipinski definition) is 3. The van der Waals surface area contributed by atoms with E-state index in [2.05, 4.69) is 11.8 Å². The highest BCUT2D eigenvalue weighted by Crippen LogP contribution is 2.15. The molecule has 0 amide bonds. The van der Waals surface area contributed by atoms with Gasteiger partial charge in [-0.1, -0.05) is 13.3 Å². The second-order valence-corrected chi connectivity index (χ2v) is 3.23. The Bertz CT molecular complexity index is 119. The van der Waals surface area contributed by atoms with E-state index in [0.717, 1.165) is 26.1 Å². The molecule has 1 unspecified atom stereocenters. The summed E-state index contributed by atoms with van der Waals surface area (Å²) in [5.41, 5.74) is 0. The lowest BCUT2D eigenvalue weighted by Gasteiger charge is -2.21. The van der Waals surface area contributed by atoms with Crippen LogP contribution in [0.5, 0.6) is 0 Å². The van der Waals surface area contributed by atoms with Gasteiger partial charge in [0.15, 0.2) is 0 Å². The van der Waals surface area contributed by atoms with Gasteiger partial charge < -0.3 is 9.84 Å². The number of aliphatic hydroxyl groups excluding tert-OH is 1. The van der Waals surface area contributed by atoms with Crippen LogP contribution in [0.4, 0.5) is 0 Å². The van der Waals surface area contributed by atoms with Crippen molar-refractivity contribution in [3.8, 4) is 0 Å². The van der Waals surface area contributed by atoms with Crippen LogP contribution in [0, 0.1) is 0 Å². The molecule has 0 aromatic heterocycles. The quantitative estimate of drug-likeness (QED) is 0.668. The lowest BCUT2D eigenvalue weighted by Crippen LogP contribution is -2.32. The van der Waals surface area contributed by atoms with Crippen LogP contribution in [-0.2, 0) is 4.74 Å². The molecule has 1 saturated heterocycles. The first-order chi connectivity index (χ1) is 5.88. The molecule has 12 heavy (non-hydrogen) atoms. The number of hydrogen-bond donors (Lipinski definition) is 1. The van der Waals surface area contributed by atoms with Crippen LogP contribution < -0.4 is 0 Å². The summed E-state index contributed by atoms with van der Waals surface area (Å²) in [7, 11) is 0. The van der Waals surface area contributed by atoms with Crippen molar-refractivity contribution in [3.63, 3.8) is 0 Å². The van der Waals surface area contributed by atoms with E-state index in [0.29, 0.717) is 0 Å². The van der Waals surface area contributed by atoms with E-state index < -0.39 is 0 Å². The molecule has 1 fully saturated rings. The van der Waals surface area contributed by atoms with Crippen LogP contribution in [-0.4, -0.2) is 42.5 Å². The first kappa shape index (κ1) is 9.96. The Morgan fingerprint density at radius 1 is 1.58 bits per heavy atom. The summed E-state index contributed by atoms with van der Waals surface area (Å²) in [6, 6.07) is 0. The van der Waals surface area contributed by atoms with Gasteiger partial charge in [0.1, 0.15) is 6.23 Å². The molecular formula is C9H19NO2. The molecule has 0 saturated carbocycles. The molecule has 0 bridgehead atoms. The molecule has 1 rings (SSSR count). The van der Waals surface area contributed by atoms with Crippen molar-refractivity contribution in [2.24, 2.45) is 0 Å². The highest BCUT2D eigenvalue weighted by atomic mass is 16.5. The Kier molecular flexibility index (Phi) is 4.58. The minimum Gasteiger partial charge on any atom is -0.395 e. The van der Waals surface area contributed by atoms with Crippen molar-refractivity contribution in [3.05, 3.63) is 0 Å². The molecule has 3 heteroatoms. The third-order valence-corrected chi connectivity index (χ3v) is 2.29. The Labute approximate surface area is 74.3 Å². The monoisotopic (exact) mass is 173 g/mol. The van der Waals surface area contributed by atoms with Crippen LogP contribution in [0.3, 0.4) is 0 Å². The van der Waals surface area contributed by atoms with Crippen molar-refractivity contribution in [2.45, 2.75) is 32.4 Å². The molecule has 0 spiro atoms. The van der Waals surface area contributed by atoms with Crippen molar-refractivity contribution >= 4 is 0 Å². The van der Waals surface area contributed by atoms with Gasteiger partial charge in [-0.05, 0) is 12.8 Å². The van der Waals surface area contributed by atoms with E-state index >= 15 is 0 Å². The van der Waals surface area contributed by atoms with Crippen LogP contribution in [0.2, 0.25) is 0 Å². The number of ether oxygens (including phenoxy) is 1. The Morgan fingerprint density at radius 2 is 2.42 bits per heavy atom. The van der Waals surface area contributed by atoms with E-state index in [9.17, 15) is 0 Å². The van der Waals surface area contributed by atoms with Crippen molar-refractivity contribution in [2.75, 3.05) is 26.3 Å². The molecule has 1 N–H and O–H groups in total. The topological polar surface area (TPSA) is 32.7 Å². The predicted molar refractivity (Wildman–Crippen MR) is 47.9 cm³/mol. The van der Waals surface area contributed by atoms with E-state index in [1.54, 1.807) is 0 Å². The molecule has 1 aliphatic rings. The zero-order valence-corrected chi connectivity index (χ0v) is 7.83. The fraction of sp³-hybridized carbons (Fsp3) is 1.00. The highest BCUT2D eigenvalue weighted by Gasteiger charge is 2.23. The zero-order chi connectivity index (χ0) is 8.81. The normalized spacial score (nSPS) is 25.0. The largest absolute Gasteiger partial charge is 0.395 e. The lowest BCUT2D eigenvalue weighted by molar-refractivity contribution is 0.0188. The molecular weight excluding hydrogens is 154 g/mol. The van der Waals surface area contributed by atoms with Crippen LogP contribution >= 0.6 is 0 Å². The molecule has 0 radical (unpaired) electrons. The summed E-state index contributed by atoms with van der Waals surface area (Å²) < 4.78 is 5.54. The Morgan fingerprint density at radius 3 is 3.08 bits per heavy atom. The van der Waals surface area contributed by atoms with Gasteiger partial charge in [0, 0.05) is 13.1 Å². The smallest absolute Gasteiger partial charge is 0.110 e. The van der Waals surface area contributed by atoms with Crippen LogP contribution in [0.15, 0.2) is 0 Å². The van der Waals surface area contributed by atoms with Gasteiger partial charge in [0.25, 0.3) is 0 Å². The second kappa shape index (κ2) is 5.51. The van der Waals surface area contributed by atoms with Gasteiger partial charge in [0.05, 0.1) is 13.2 Å². The maximum Gasteiger partial charge on any atom is 0.110 e. The molecule has 72 valence electrons. The Hall–Kier alpha value is -0.120. The number of unbranched alkanes of at least 4 members (excludes halogenated alkanes) is 1. The number of β-amino-alcohol motifs (C(OH)–C–C–N with tert-alkyl or cyclic N) is 1. The zero-order valence-electron chi connectivity index (χ0n) is 7.83. The summed E-state index contributed by atoms with van der Waals surface area (Å²) in [5, 5.41) is 8.77. The SMILES string of the molecule is CCCCC1OCCN1CCO. The fourth-order valence-electron chi connectivity index (χ4n) is 1.58. The van der Waals surface area contributed by atoms with E-state index in [1.165, 1.54) is 12.8 Å². The third-order valence-electron chi connectivity index (χ3n) is 2.29. The first-order valence-electron chi connectivity index (χ1n) is 4.85. The van der Waals surface area contributed by atoms with Gasteiger partial charge >= 0.3 is 0 Å². The maximum absolute atomic E-state index is 8.77. The summed E-state index contributed by atoms with van der Waals surface area (Å²) in [5.74, 6) is 0.